The lowest BCUT2D eigenvalue weighted by atomic mass is 10.0. The summed E-state index contributed by atoms with van der Waals surface area (Å²) in [6.07, 6.45) is 24.8. The van der Waals surface area contributed by atoms with Crippen molar-refractivity contribution in [1.82, 2.24) is 0 Å². The zero-order valence-electron chi connectivity index (χ0n) is 23.1. The monoisotopic (exact) mass is 512 g/mol. The number of carbonyl (C=O) groups excluding carboxylic acids is 2. The molecule has 0 aliphatic rings. The standard InChI is InChI=1S/C31H48N2O4/c1-2-3-4-5-6-7-8-9-10-11-12-13-14-15-16-17-18-23-36-25-31(35)30(33-27-34)24-28-19-21-29(22-20-28)37-26-32/h19-22,27H,2-18,23-25H2,1H3. The summed E-state index contributed by atoms with van der Waals surface area (Å²) in [7, 11) is 0. The van der Waals surface area contributed by atoms with Crippen molar-refractivity contribution in [2.45, 2.75) is 122 Å². The fraction of sp³-hybridized carbons (Fsp3) is 0.677. The zero-order chi connectivity index (χ0) is 26.8. The van der Waals surface area contributed by atoms with Crippen LogP contribution in [0, 0.1) is 11.5 Å². The Balaban J connectivity index is 1.97. The van der Waals surface area contributed by atoms with Crippen molar-refractivity contribution < 1.29 is 19.1 Å². The lowest BCUT2D eigenvalue weighted by molar-refractivity contribution is -0.117. The van der Waals surface area contributed by atoms with E-state index < -0.39 is 0 Å². The molecule has 0 heterocycles. The Hall–Kier alpha value is -2.52. The van der Waals surface area contributed by atoms with E-state index in [0.29, 0.717) is 18.8 Å². The summed E-state index contributed by atoms with van der Waals surface area (Å²) >= 11 is 0. The molecule has 0 spiro atoms. The Morgan fingerprint density at radius 2 is 1.30 bits per heavy atom. The zero-order valence-corrected chi connectivity index (χ0v) is 23.1. The van der Waals surface area contributed by atoms with Crippen LogP contribution in [0.4, 0.5) is 0 Å². The predicted molar refractivity (Wildman–Crippen MR) is 150 cm³/mol. The summed E-state index contributed by atoms with van der Waals surface area (Å²) in [5, 5.41) is 8.54. The average molecular weight is 513 g/mol. The third kappa shape index (κ3) is 18.4. The highest BCUT2D eigenvalue weighted by Gasteiger charge is 2.13. The maximum atomic E-state index is 12.4. The van der Waals surface area contributed by atoms with Crippen LogP contribution in [-0.2, 0) is 20.7 Å². The molecule has 1 amide bonds. The van der Waals surface area contributed by atoms with Gasteiger partial charge in [0.05, 0.1) is 5.71 Å². The van der Waals surface area contributed by atoms with E-state index in [4.69, 9.17) is 14.7 Å². The molecular weight excluding hydrogens is 464 g/mol. The number of aliphatic imine (C=N–C) groups is 1. The summed E-state index contributed by atoms with van der Waals surface area (Å²) in [6, 6.07) is 6.74. The van der Waals surface area contributed by atoms with Crippen molar-refractivity contribution in [3.8, 4) is 12.0 Å². The normalized spacial score (nSPS) is 11.3. The molecule has 6 nitrogen and oxygen atoms in total. The molecule has 1 aromatic rings. The molecule has 0 saturated heterocycles. The molecule has 0 aliphatic heterocycles. The highest BCUT2D eigenvalue weighted by molar-refractivity contribution is 6.41. The van der Waals surface area contributed by atoms with E-state index in [1.54, 1.807) is 30.5 Å². The molecule has 0 aromatic heterocycles. The van der Waals surface area contributed by atoms with Crippen LogP contribution >= 0.6 is 0 Å². The van der Waals surface area contributed by atoms with Gasteiger partial charge in [-0.1, -0.05) is 122 Å². The number of ketones is 1. The van der Waals surface area contributed by atoms with E-state index in [1.807, 2.05) is 0 Å². The molecule has 0 fully saturated rings. The van der Waals surface area contributed by atoms with E-state index in [1.165, 1.54) is 96.3 Å². The Morgan fingerprint density at radius 3 is 1.76 bits per heavy atom. The number of benzene rings is 1. The molecule has 6 heteroatoms. The van der Waals surface area contributed by atoms with Crippen LogP contribution in [0.2, 0.25) is 0 Å². The molecule has 0 atom stereocenters. The fourth-order valence-corrected chi connectivity index (χ4v) is 4.38. The summed E-state index contributed by atoms with van der Waals surface area (Å²) in [5.74, 6) is 0.139. The van der Waals surface area contributed by atoms with Crippen molar-refractivity contribution in [2.75, 3.05) is 13.2 Å². The van der Waals surface area contributed by atoms with Gasteiger partial charge in [0.1, 0.15) is 12.4 Å². The van der Waals surface area contributed by atoms with Crippen LogP contribution in [0.5, 0.6) is 5.75 Å². The largest absolute Gasteiger partial charge is 0.388 e. The first-order valence-corrected chi connectivity index (χ1v) is 14.5. The minimum Gasteiger partial charge on any atom is -0.388 e. The quantitative estimate of drug-likeness (QED) is 0.0574. The predicted octanol–water partition coefficient (Wildman–Crippen LogP) is 7.92. The first-order chi connectivity index (χ1) is 18.2. The fourth-order valence-electron chi connectivity index (χ4n) is 4.38. The molecule has 1 rings (SSSR count). The Morgan fingerprint density at radius 1 is 0.811 bits per heavy atom. The molecule has 1 aromatic carbocycles. The minimum atomic E-state index is -0.281. The van der Waals surface area contributed by atoms with Gasteiger partial charge in [-0.05, 0) is 24.1 Å². The Bertz CT molecular complexity index is 783. The average Bonchev–Trinajstić information content (AvgIpc) is 2.91. The van der Waals surface area contributed by atoms with Gasteiger partial charge < -0.3 is 9.47 Å². The van der Waals surface area contributed by atoms with Crippen molar-refractivity contribution in [3.63, 3.8) is 0 Å². The van der Waals surface area contributed by atoms with Crippen molar-refractivity contribution in [2.24, 2.45) is 4.99 Å². The van der Waals surface area contributed by atoms with Crippen LogP contribution in [-0.4, -0.2) is 31.1 Å². The van der Waals surface area contributed by atoms with Crippen LogP contribution in [0.1, 0.15) is 122 Å². The van der Waals surface area contributed by atoms with E-state index in [-0.39, 0.29) is 24.5 Å². The first-order valence-electron chi connectivity index (χ1n) is 14.5. The number of ether oxygens (including phenoxy) is 2. The lowest BCUT2D eigenvalue weighted by Gasteiger charge is -2.07. The lowest BCUT2D eigenvalue weighted by Crippen LogP contribution is -2.22. The number of unbranched alkanes of at least 4 members (excludes halogenated alkanes) is 16. The number of hydrogen-bond acceptors (Lipinski definition) is 5. The molecule has 0 radical (unpaired) electrons. The van der Waals surface area contributed by atoms with Gasteiger partial charge in [-0.15, -0.1) is 5.26 Å². The number of amides is 1. The van der Waals surface area contributed by atoms with Gasteiger partial charge in [0.15, 0.2) is 0 Å². The van der Waals surface area contributed by atoms with Gasteiger partial charge in [-0.2, -0.15) is 0 Å². The number of nitrogens with zero attached hydrogens (tertiary/aromatic N) is 2. The highest BCUT2D eigenvalue weighted by atomic mass is 16.5. The molecule has 0 N–H and O–H groups in total. The second-order valence-corrected chi connectivity index (χ2v) is 9.83. The summed E-state index contributed by atoms with van der Waals surface area (Å²) in [5.41, 5.74) is 0.971. The van der Waals surface area contributed by atoms with E-state index in [0.717, 1.165) is 18.4 Å². The molecule has 0 saturated carbocycles. The third-order valence-electron chi connectivity index (χ3n) is 6.61. The van der Waals surface area contributed by atoms with Crippen LogP contribution in [0.15, 0.2) is 29.3 Å². The third-order valence-corrected chi connectivity index (χ3v) is 6.61. The second-order valence-electron chi connectivity index (χ2n) is 9.83. The van der Waals surface area contributed by atoms with Gasteiger partial charge in [-0.25, -0.2) is 4.99 Å². The number of hydrogen-bond donors (Lipinski definition) is 0. The maximum Gasteiger partial charge on any atom is 0.292 e. The molecule has 206 valence electrons. The molecule has 0 bridgehead atoms. The van der Waals surface area contributed by atoms with E-state index in [2.05, 4.69) is 11.9 Å². The first kappa shape index (κ1) is 32.5. The second kappa shape index (κ2) is 23.9. The van der Waals surface area contributed by atoms with Gasteiger partial charge in [0.2, 0.25) is 12.2 Å². The van der Waals surface area contributed by atoms with Crippen molar-refractivity contribution >= 4 is 17.9 Å². The minimum absolute atomic E-state index is 0.0683. The van der Waals surface area contributed by atoms with E-state index in [9.17, 15) is 9.59 Å². The molecular formula is C31H48N2O4. The van der Waals surface area contributed by atoms with Crippen molar-refractivity contribution in [3.05, 3.63) is 29.8 Å². The smallest absolute Gasteiger partial charge is 0.292 e. The summed E-state index contributed by atoms with van der Waals surface area (Å²) in [6.45, 7) is 2.74. The molecule has 0 unspecified atom stereocenters. The number of nitriles is 1. The van der Waals surface area contributed by atoms with Crippen molar-refractivity contribution in [1.29, 1.82) is 5.26 Å². The summed E-state index contributed by atoms with van der Waals surface area (Å²) in [4.78, 5) is 27.0. The topological polar surface area (TPSA) is 88.8 Å². The molecule has 0 aliphatic carbocycles. The van der Waals surface area contributed by atoms with Crippen LogP contribution in [0.25, 0.3) is 0 Å². The van der Waals surface area contributed by atoms with Gasteiger partial charge in [0.25, 0.3) is 6.26 Å². The Labute approximate surface area is 224 Å². The number of carbonyl (C=O) groups is 2. The van der Waals surface area contributed by atoms with Gasteiger partial charge >= 0.3 is 0 Å². The maximum absolute atomic E-state index is 12.4. The SMILES string of the molecule is CCCCCCCCCCCCCCCCCCCOCC(=O)C(Cc1ccc(OC#N)cc1)=NC=O. The van der Waals surface area contributed by atoms with E-state index >= 15 is 0 Å². The van der Waals surface area contributed by atoms with Crippen LogP contribution < -0.4 is 4.74 Å². The highest BCUT2D eigenvalue weighted by Crippen LogP contribution is 2.15. The number of Topliss-reactive ketones (excluding diaryl/α,β-unsaturated/α-hetero) is 1. The number of rotatable bonds is 25. The molecule has 37 heavy (non-hydrogen) atoms. The summed E-state index contributed by atoms with van der Waals surface area (Å²) < 4.78 is 10.3. The van der Waals surface area contributed by atoms with Gasteiger partial charge in [0, 0.05) is 13.0 Å². The Kier molecular flexibility index (Phi) is 21.0. The van der Waals surface area contributed by atoms with Gasteiger partial charge in [-0.3, -0.25) is 9.59 Å². The van der Waals surface area contributed by atoms with Crippen LogP contribution in [0.3, 0.4) is 0 Å².